The van der Waals surface area contributed by atoms with Crippen molar-refractivity contribution < 1.29 is 14.5 Å². The number of nitrogens with two attached hydrogens (primary N) is 1. The number of nitriles is 2. The molecule has 2 aliphatic heterocycles. The molecule has 2 saturated carbocycles. The maximum atomic E-state index is 10.2. The first-order valence-corrected chi connectivity index (χ1v) is 8.61. The largest absolute Gasteiger partial charge is 0.343 e. The summed E-state index contributed by atoms with van der Waals surface area (Å²) >= 11 is 0. The Labute approximate surface area is 136 Å². The number of hydrogen-bond acceptors (Lipinski definition) is 5. The summed E-state index contributed by atoms with van der Waals surface area (Å²) < 4.78 is 12.0. The van der Waals surface area contributed by atoms with E-state index in [9.17, 15) is 10.5 Å². The van der Waals surface area contributed by atoms with E-state index in [4.69, 9.17) is 15.2 Å². The number of ether oxygens (including phenoxy) is 2. The van der Waals surface area contributed by atoms with Crippen LogP contribution in [0.3, 0.4) is 0 Å². The first kappa shape index (κ1) is 14.9. The van der Waals surface area contributed by atoms with Gasteiger partial charge in [0.05, 0.1) is 24.8 Å². The third kappa shape index (κ3) is 1.31. The monoisotopic (exact) mass is 315 g/mol. The summed E-state index contributed by atoms with van der Waals surface area (Å²) in [5.41, 5.74) is 3.79. The van der Waals surface area contributed by atoms with Crippen LogP contribution in [0.2, 0.25) is 0 Å². The highest BCUT2D eigenvalue weighted by atomic mass is 16.8. The van der Waals surface area contributed by atoms with Crippen molar-refractivity contribution in [2.24, 2.45) is 22.0 Å². The van der Waals surface area contributed by atoms with Crippen molar-refractivity contribution in [1.29, 1.82) is 10.5 Å². The summed E-state index contributed by atoms with van der Waals surface area (Å²) in [6, 6.07) is 4.89. The minimum absolute atomic E-state index is 0.124. The Balaban J connectivity index is 1.88. The van der Waals surface area contributed by atoms with Gasteiger partial charge in [-0.15, -0.1) is 0 Å². The lowest BCUT2D eigenvalue weighted by atomic mass is 9.78. The molecule has 3 fully saturated rings. The quantitative estimate of drug-likeness (QED) is 0.668. The Kier molecular flexibility index (Phi) is 2.90. The summed E-state index contributed by atoms with van der Waals surface area (Å²) in [5, 5.41) is 20.3. The zero-order valence-electron chi connectivity index (χ0n) is 13.5. The molecule has 0 radical (unpaired) electrons. The summed E-state index contributed by atoms with van der Waals surface area (Å²) in [6.45, 7) is 2.32. The van der Waals surface area contributed by atoms with E-state index in [0.29, 0.717) is 12.4 Å². The van der Waals surface area contributed by atoms with Crippen LogP contribution in [0.15, 0.2) is 0 Å². The van der Waals surface area contributed by atoms with E-state index in [-0.39, 0.29) is 6.10 Å². The third-order valence-electron chi connectivity index (χ3n) is 6.56. The number of rotatable bonds is 0. The number of amidine groups is 1. The molecule has 2 aliphatic carbocycles. The molecule has 0 amide bonds. The third-order valence-corrected chi connectivity index (χ3v) is 6.56. The molecule has 1 saturated heterocycles. The Hall–Kier alpha value is -1.63. The molecule has 2 spiro atoms. The summed E-state index contributed by atoms with van der Waals surface area (Å²) in [7, 11) is 0. The van der Waals surface area contributed by atoms with Crippen molar-refractivity contribution in [1.82, 2.24) is 0 Å². The molecule has 4 rings (SSSR count). The molecule has 6 heteroatoms. The molecule has 4 aliphatic rings. The minimum Gasteiger partial charge on any atom is -0.311 e. The van der Waals surface area contributed by atoms with Crippen molar-refractivity contribution in [3.05, 3.63) is 0 Å². The highest BCUT2D eigenvalue weighted by Crippen LogP contribution is 2.86. The first-order valence-electron chi connectivity index (χ1n) is 8.61. The fraction of sp³-hybridized carbons (Fsp3) is 0.824. The molecule has 122 valence electrons. The zero-order chi connectivity index (χ0) is 16.3. The highest BCUT2D eigenvalue weighted by molar-refractivity contribution is 5.95. The molecular weight excluding hydrogens is 292 g/mol. The van der Waals surface area contributed by atoms with Crippen molar-refractivity contribution in [2.45, 2.75) is 63.9 Å². The zero-order valence-corrected chi connectivity index (χ0v) is 13.5. The molecule has 0 aromatic carbocycles. The first-order chi connectivity index (χ1) is 11.1. The van der Waals surface area contributed by atoms with E-state index in [1.165, 1.54) is 6.42 Å². The molecule has 6 nitrogen and oxygen atoms in total. The molecule has 0 unspecified atom stereocenters. The van der Waals surface area contributed by atoms with Gasteiger partial charge >= 0.3 is 5.91 Å². The fourth-order valence-corrected chi connectivity index (χ4v) is 5.70. The van der Waals surface area contributed by atoms with Crippen molar-refractivity contribution in [3.8, 4) is 12.1 Å². The average Bonchev–Trinajstić information content (AvgIpc) is 2.69. The van der Waals surface area contributed by atoms with Gasteiger partial charge in [-0.05, 0) is 19.8 Å². The topological polar surface area (TPSA) is 106 Å². The van der Waals surface area contributed by atoms with Crippen LogP contribution in [0.1, 0.15) is 51.9 Å². The standard InChI is InChI=1S/C17H22N4O2/c1-12-9-22-17(23-12)16(11-19)14(7-5-3-2-4-6-8-14)15(16,10-18)13(20)21-17/h12H,2-9H2,1H3,(H2,20,21)/p+1/t12-,15-,16+,17+/m0/s1. The second-order valence-corrected chi connectivity index (χ2v) is 7.47. The Morgan fingerprint density at radius 2 is 1.78 bits per heavy atom. The number of nitrogens with one attached hydrogen (secondary N) is 1. The highest BCUT2D eigenvalue weighted by Gasteiger charge is 3.03. The van der Waals surface area contributed by atoms with Gasteiger partial charge in [-0.25, -0.2) is 4.99 Å². The van der Waals surface area contributed by atoms with Crippen LogP contribution >= 0.6 is 0 Å². The van der Waals surface area contributed by atoms with Gasteiger partial charge in [0.1, 0.15) is 0 Å². The lowest BCUT2D eigenvalue weighted by Gasteiger charge is -2.30. The van der Waals surface area contributed by atoms with Crippen LogP contribution in [-0.2, 0) is 9.47 Å². The van der Waals surface area contributed by atoms with Gasteiger partial charge in [0.2, 0.25) is 0 Å². The van der Waals surface area contributed by atoms with Gasteiger partial charge in [-0.3, -0.25) is 5.73 Å². The van der Waals surface area contributed by atoms with Crippen LogP contribution in [-0.4, -0.2) is 24.5 Å². The van der Waals surface area contributed by atoms with E-state index < -0.39 is 22.2 Å². The molecule has 4 atom stereocenters. The normalized spacial score (nSPS) is 47.3. The lowest BCUT2D eigenvalue weighted by Crippen LogP contribution is -2.90. The van der Waals surface area contributed by atoms with Crippen LogP contribution < -0.4 is 10.7 Å². The maximum absolute atomic E-state index is 10.2. The second-order valence-electron chi connectivity index (χ2n) is 7.47. The van der Waals surface area contributed by atoms with Gasteiger partial charge < -0.3 is 9.47 Å². The summed E-state index contributed by atoms with van der Waals surface area (Å²) in [6.07, 6.45) is 7.09. The lowest BCUT2D eigenvalue weighted by molar-refractivity contribution is -0.680. The molecule has 2 heterocycles. The predicted octanol–water partition coefficient (Wildman–Crippen LogP) is 0.291. The second kappa shape index (κ2) is 4.47. The van der Waals surface area contributed by atoms with E-state index in [1.807, 2.05) is 6.92 Å². The number of nitrogens with zero attached hydrogens (tertiary/aromatic N) is 2. The number of hydrogen-bond donors (Lipinski definition) is 2. The van der Waals surface area contributed by atoms with Gasteiger partial charge in [-0.1, -0.05) is 32.1 Å². The van der Waals surface area contributed by atoms with E-state index in [1.54, 1.807) is 0 Å². The Morgan fingerprint density at radius 1 is 1.13 bits per heavy atom. The predicted molar refractivity (Wildman–Crippen MR) is 80.2 cm³/mol. The maximum Gasteiger partial charge on any atom is 0.343 e. The SMILES string of the molecule is C[C@H]1CO[C@@]2([NH+]=C(N)[C@@]3(C#N)C4(CCCCCCC4)[C@@]23C#N)O1. The smallest absolute Gasteiger partial charge is 0.311 e. The molecule has 3 N–H and O–H groups in total. The minimum atomic E-state index is -1.26. The van der Waals surface area contributed by atoms with Crippen LogP contribution in [0, 0.1) is 38.9 Å². The van der Waals surface area contributed by atoms with E-state index >= 15 is 0 Å². The van der Waals surface area contributed by atoms with Crippen molar-refractivity contribution in [3.63, 3.8) is 0 Å². The molecule has 0 aromatic rings. The molecule has 0 bridgehead atoms. The van der Waals surface area contributed by atoms with Crippen molar-refractivity contribution >= 4 is 5.84 Å². The van der Waals surface area contributed by atoms with Gasteiger partial charge in [0.25, 0.3) is 5.84 Å². The summed E-state index contributed by atoms with van der Waals surface area (Å²) in [4.78, 5) is 3.06. The molecule has 0 aromatic heterocycles. The van der Waals surface area contributed by atoms with Crippen LogP contribution in [0.5, 0.6) is 0 Å². The average molecular weight is 315 g/mol. The van der Waals surface area contributed by atoms with Crippen LogP contribution in [0.25, 0.3) is 0 Å². The number of fused-ring (bicyclic) bond motifs is 4. The van der Waals surface area contributed by atoms with Gasteiger partial charge in [0.15, 0.2) is 10.8 Å². The van der Waals surface area contributed by atoms with E-state index in [0.717, 1.165) is 38.5 Å². The summed E-state index contributed by atoms with van der Waals surface area (Å²) in [5.74, 6) is -0.906. The molecular formula is C17H23N4O2+. The Morgan fingerprint density at radius 3 is 2.30 bits per heavy atom. The fourth-order valence-electron chi connectivity index (χ4n) is 5.70. The Bertz CT molecular complexity index is 654. The van der Waals surface area contributed by atoms with Gasteiger partial charge in [-0.2, -0.15) is 10.5 Å². The van der Waals surface area contributed by atoms with Crippen molar-refractivity contribution in [2.75, 3.05) is 6.61 Å². The van der Waals surface area contributed by atoms with Gasteiger partial charge in [0, 0.05) is 5.41 Å². The van der Waals surface area contributed by atoms with Crippen LogP contribution in [0.4, 0.5) is 0 Å². The molecule has 23 heavy (non-hydrogen) atoms. The van der Waals surface area contributed by atoms with E-state index in [2.05, 4.69) is 17.1 Å².